The van der Waals surface area contributed by atoms with Gasteiger partial charge in [-0.25, -0.2) is 8.42 Å². The van der Waals surface area contributed by atoms with Crippen LogP contribution in [0, 0.1) is 13.8 Å². The summed E-state index contributed by atoms with van der Waals surface area (Å²) in [7, 11) is -4.12. The van der Waals surface area contributed by atoms with E-state index in [0.29, 0.717) is 11.3 Å². The summed E-state index contributed by atoms with van der Waals surface area (Å²) in [6.45, 7) is 7.18. The molecule has 0 bridgehead atoms. The number of rotatable bonds is 12. The van der Waals surface area contributed by atoms with Crippen molar-refractivity contribution in [3.05, 3.63) is 131 Å². The fourth-order valence-electron chi connectivity index (χ4n) is 5.02. The normalized spacial score (nSPS) is 12.0. The molecule has 0 aliphatic rings. The summed E-state index contributed by atoms with van der Waals surface area (Å²) in [6, 6.07) is 31.4. The van der Waals surface area contributed by atoms with Crippen molar-refractivity contribution in [3.63, 3.8) is 0 Å². The molecule has 43 heavy (non-hydrogen) atoms. The highest BCUT2D eigenvalue weighted by Gasteiger charge is 2.35. The maximum atomic E-state index is 14.5. The molecule has 1 atom stereocenters. The van der Waals surface area contributed by atoms with E-state index in [4.69, 9.17) is 0 Å². The Morgan fingerprint density at radius 1 is 0.767 bits per heavy atom. The molecule has 0 heterocycles. The van der Waals surface area contributed by atoms with Gasteiger partial charge in [-0.3, -0.25) is 13.9 Å². The van der Waals surface area contributed by atoms with E-state index < -0.39 is 28.5 Å². The zero-order chi connectivity index (χ0) is 31.0. The van der Waals surface area contributed by atoms with Gasteiger partial charge >= 0.3 is 0 Å². The lowest BCUT2D eigenvalue weighted by Gasteiger charge is -2.34. The minimum Gasteiger partial charge on any atom is -0.352 e. The number of aryl methyl sites for hydroxylation is 2. The summed E-state index contributed by atoms with van der Waals surface area (Å²) >= 11 is 0. The number of amides is 2. The first-order valence-corrected chi connectivity index (χ1v) is 15.8. The number of hydrogen-bond acceptors (Lipinski definition) is 4. The van der Waals surface area contributed by atoms with Gasteiger partial charge in [-0.05, 0) is 62.6 Å². The highest BCUT2D eigenvalue weighted by Crippen LogP contribution is 2.27. The lowest BCUT2D eigenvalue weighted by Crippen LogP contribution is -2.54. The molecule has 224 valence electrons. The molecule has 8 heteroatoms. The van der Waals surface area contributed by atoms with Gasteiger partial charge < -0.3 is 10.2 Å². The number of hydrogen-bond donors (Lipinski definition) is 1. The molecule has 0 spiro atoms. The van der Waals surface area contributed by atoms with Crippen molar-refractivity contribution in [2.75, 3.05) is 10.8 Å². The number of anilines is 1. The fourth-order valence-corrected chi connectivity index (χ4v) is 6.52. The number of benzene rings is 4. The van der Waals surface area contributed by atoms with Crippen LogP contribution in [0.5, 0.6) is 0 Å². The van der Waals surface area contributed by atoms with Crippen LogP contribution in [0.1, 0.15) is 36.1 Å². The molecule has 0 saturated heterocycles. The van der Waals surface area contributed by atoms with Crippen LogP contribution in [-0.4, -0.2) is 43.8 Å². The van der Waals surface area contributed by atoms with E-state index >= 15 is 0 Å². The molecule has 0 radical (unpaired) electrons. The van der Waals surface area contributed by atoms with E-state index in [-0.39, 0.29) is 29.8 Å². The van der Waals surface area contributed by atoms with Gasteiger partial charge in [-0.2, -0.15) is 0 Å². The van der Waals surface area contributed by atoms with Gasteiger partial charge in [0.2, 0.25) is 11.8 Å². The predicted octanol–water partition coefficient (Wildman–Crippen LogP) is 5.66. The first-order chi connectivity index (χ1) is 20.6. The van der Waals surface area contributed by atoms with Crippen molar-refractivity contribution >= 4 is 27.5 Å². The summed E-state index contributed by atoms with van der Waals surface area (Å²) in [5.74, 6) is -0.780. The molecule has 7 nitrogen and oxygen atoms in total. The summed E-state index contributed by atoms with van der Waals surface area (Å²) in [5, 5.41) is 2.98. The first kappa shape index (κ1) is 31.5. The largest absolute Gasteiger partial charge is 0.352 e. The van der Waals surface area contributed by atoms with E-state index in [1.807, 2.05) is 94.4 Å². The average molecular weight is 598 g/mol. The molecule has 0 saturated carbocycles. The van der Waals surface area contributed by atoms with Gasteiger partial charge in [0.15, 0.2) is 0 Å². The smallest absolute Gasteiger partial charge is 0.264 e. The molecule has 1 N–H and O–H groups in total. The van der Waals surface area contributed by atoms with Crippen molar-refractivity contribution in [1.82, 2.24) is 10.2 Å². The highest BCUT2D eigenvalue weighted by atomic mass is 32.2. The summed E-state index contributed by atoms with van der Waals surface area (Å²) in [6.07, 6.45) is 0.271. The van der Waals surface area contributed by atoms with Crippen LogP contribution in [0.15, 0.2) is 114 Å². The summed E-state index contributed by atoms with van der Waals surface area (Å²) in [4.78, 5) is 29.8. The number of carbonyl (C=O) groups is 2. The van der Waals surface area contributed by atoms with Gasteiger partial charge in [0.25, 0.3) is 10.0 Å². The zero-order valence-corrected chi connectivity index (χ0v) is 25.9. The van der Waals surface area contributed by atoms with Crippen LogP contribution in [0.25, 0.3) is 0 Å². The Morgan fingerprint density at radius 2 is 1.37 bits per heavy atom. The van der Waals surface area contributed by atoms with Gasteiger partial charge in [-0.15, -0.1) is 0 Å². The third kappa shape index (κ3) is 8.11. The Balaban J connectivity index is 1.81. The maximum absolute atomic E-state index is 14.5. The molecule has 4 rings (SSSR count). The van der Waals surface area contributed by atoms with Crippen LogP contribution in [0.4, 0.5) is 5.69 Å². The minimum atomic E-state index is -4.12. The number of nitrogens with one attached hydrogen (secondary N) is 1. The Bertz CT molecular complexity index is 1640. The van der Waals surface area contributed by atoms with Crippen molar-refractivity contribution in [3.8, 4) is 0 Å². The maximum Gasteiger partial charge on any atom is 0.264 e. The van der Waals surface area contributed by atoms with Crippen LogP contribution >= 0.6 is 0 Å². The van der Waals surface area contributed by atoms with Crippen molar-refractivity contribution in [2.45, 2.75) is 57.6 Å². The first-order valence-electron chi connectivity index (χ1n) is 14.4. The Kier molecular flexibility index (Phi) is 10.4. The van der Waals surface area contributed by atoms with E-state index in [0.717, 1.165) is 21.0 Å². The second-order valence-corrected chi connectivity index (χ2v) is 12.9. The number of carbonyl (C=O) groups excluding carboxylic acids is 2. The molecule has 0 aliphatic heterocycles. The van der Waals surface area contributed by atoms with Crippen molar-refractivity contribution in [1.29, 1.82) is 0 Å². The van der Waals surface area contributed by atoms with Gasteiger partial charge in [0.05, 0.1) is 10.6 Å². The molecule has 0 aliphatic carbocycles. The van der Waals surface area contributed by atoms with E-state index in [1.165, 1.54) is 17.0 Å². The molecule has 0 fully saturated rings. The Hall–Kier alpha value is -4.43. The minimum absolute atomic E-state index is 0.0784. The fraction of sp³-hybridized carbons (Fsp3) is 0.257. The standard InChI is InChI=1S/C35H39N3O4S/c1-26(2)36-35(40)33(23-29-16-7-5-8-17-29)37(24-30-18-13-14-27(3)22-30)34(39)25-38(32-21-12-11-15-28(32)4)43(41,42)31-19-9-6-10-20-31/h5-22,26,33H,23-25H2,1-4H3,(H,36,40)/t33-/m1/s1. The summed E-state index contributed by atoms with van der Waals surface area (Å²) in [5.41, 5.74) is 3.86. The third-order valence-electron chi connectivity index (χ3n) is 7.13. The topological polar surface area (TPSA) is 86.8 Å². The SMILES string of the molecule is Cc1cccc(CN(C(=O)CN(c2ccccc2C)S(=O)(=O)c2ccccc2)[C@H](Cc2ccccc2)C(=O)NC(C)C)c1. The van der Waals surface area contributed by atoms with Crippen LogP contribution < -0.4 is 9.62 Å². The van der Waals surface area contributed by atoms with Crippen LogP contribution in [0.3, 0.4) is 0 Å². The highest BCUT2D eigenvalue weighted by molar-refractivity contribution is 7.92. The van der Waals surface area contributed by atoms with Gasteiger partial charge in [-0.1, -0.05) is 96.6 Å². The average Bonchev–Trinajstić information content (AvgIpc) is 2.98. The molecule has 2 amide bonds. The van der Waals surface area contributed by atoms with E-state index in [2.05, 4.69) is 5.32 Å². The molecule has 0 aromatic heterocycles. The van der Waals surface area contributed by atoms with Crippen molar-refractivity contribution < 1.29 is 18.0 Å². The van der Waals surface area contributed by atoms with Gasteiger partial charge in [0.1, 0.15) is 12.6 Å². The lowest BCUT2D eigenvalue weighted by molar-refractivity contribution is -0.140. The van der Waals surface area contributed by atoms with E-state index in [9.17, 15) is 18.0 Å². The van der Waals surface area contributed by atoms with Crippen molar-refractivity contribution in [2.24, 2.45) is 0 Å². The predicted molar refractivity (Wildman–Crippen MR) is 171 cm³/mol. The zero-order valence-electron chi connectivity index (χ0n) is 25.1. The third-order valence-corrected chi connectivity index (χ3v) is 8.91. The second kappa shape index (κ2) is 14.2. The van der Waals surface area contributed by atoms with Crippen LogP contribution in [-0.2, 0) is 32.6 Å². The second-order valence-electron chi connectivity index (χ2n) is 11.0. The molecule has 4 aromatic carbocycles. The summed E-state index contributed by atoms with van der Waals surface area (Å²) < 4.78 is 29.3. The molecular weight excluding hydrogens is 558 g/mol. The van der Waals surface area contributed by atoms with Gasteiger partial charge in [0, 0.05) is 19.0 Å². The number of para-hydroxylation sites is 1. The number of nitrogens with zero attached hydrogens (tertiary/aromatic N) is 2. The lowest BCUT2D eigenvalue weighted by atomic mass is 10.0. The van der Waals surface area contributed by atoms with E-state index in [1.54, 1.807) is 30.3 Å². The van der Waals surface area contributed by atoms with Crippen LogP contribution in [0.2, 0.25) is 0 Å². The molecular formula is C35H39N3O4S. The Labute approximate surface area is 255 Å². The Morgan fingerprint density at radius 3 is 2.00 bits per heavy atom. The molecule has 0 unspecified atom stereocenters. The quantitative estimate of drug-likeness (QED) is 0.228. The number of sulfonamides is 1. The monoisotopic (exact) mass is 597 g/mol. The molecule has 4 aromatic rings.